The normalized spacial score (nSPS) is 13.1. The Morgan fingerprint density at radius 3 is 2.42 bits per heavy atom. The summed E-state index contributed by atoms with van der Waals surface area (Å²) in [5.41, 5.74) is 0.733. The molecule has 0 bridgehead atoms. The molecule has 0 aliphatic carbocycles. The largest absolute Gasteiger partial charge is 0.416 e. The lowest BCUT2D eigenvalue weighted by molar-refractivity contribution is -0.137. The molecule has 0 radical (unpaired) electrons. The predicted octanol–water partition coefficient (Wildman–Crippen LogP) is 5.66. The Hall–Kier alpha value is -4.06. The van der Waals surface area contributed by atoms with Gasteiger partial charge in [0.1, 0.15) is 29.3 Å². The number of pyridine rings is 1. The molecular weight excluding hydrogens is 527 g/mol. The van der Waals surface area contributed by atoms with Crippen LogP contribution in [0.4, 0.5) is 27.6 Å². The van der Waals surface area contributed by atoms with Gasteiger partial charge >= 0.3 is 6.18 Å². The highest BCUT2D eigenvalue weighted by Gasteiger charge is 2.31. The fourth-order valence-corrected chi connectivity index (χ4v) is 5.49. The molecular formula is C26H17F5N4O2S. The first-order valence-electron chi connectivity index (χ1n) is 11.2. The number of rotatable bonds is 6. The van der Waals surface area contributed by atoms with E-state index < -0.39 is 49.4 Å². The Bertz CT molecular complexity index is 1670. The summed E-state index contributed by atoms with van der Waals surface area (Å²) in [5.74, 6) is -2.86. The van der Waals surface area contributed by atoms with Gasteiger partial charge in [0.05, 0.1) is 27.6 Å². The van der Waals surface area contributed by atoms with Crippen LogP contribution >= 0.6 is 0 Å². The van der Waals surface area contributed by atoms with Gasteiger partial charge in [-0.1, -0.05) is 6.07 Å². The van der Waals surface area contributed by atoms with Crippen LogP contribution in [0, 0.1) is 11.6 Å². The second kappa shape index (κ2) is 9.67. The van der Waals surface area contributed by atoms with Gasteiger partial charge < -0.3 is 0 Å². The molecule has 1 aliphatic heterocycles. The number of sulfone groups is 1. The van der Waals surface area contributed by atoms with Crippen LogP contribution in [0.1, 0.15) is 28.1 Å². The van der Waals surface area contributed by atoms with Crippen molar-refractivity contribution in [2.45, 2.75) is 29.7 Å². The van der Waals surface area contributed by atoms with Crippen molar-refractivity contribution in [2.24, 2.45) is 4.99 Å². The van der Waals surface area contributed by atoms with Crippen LogP contribution in [-0.2, 0) is 34.6 Å². The predicted molar refractivity (Wildman–Crippen MR) is 129 cm³/mol. The standard InChI is InChI=1S/C26H17F5N4O2S/c27-20-8-3-15(13-38(36,37)17-6-4-16(5-7-17)26(29,30)31)23(28)19(20)12-22-18(2-1-10-32-22)24-25-21(9-11-33-25)34-14-35-24/h1-8,10-11,14H,9,12-13H2. The number of hydrogen-bond donors (Lipinski definition) is 0. The number of benzene rings is 2. The first-order chi connectivity index (χ1) is 18.0. The number of hydrogen-bond acceptors (Lipinski definition) is 6. The third-order valence-corrected chi connectivity index (χ3v) is 7.73. The maximum absolute atomic E-state index is 15.5. The lowest BCUT2D eigenvalue weighted by Crippen LogP contribution is -2.11. The van der Waals surface area contributed by atoms with Gasteiger partial charge in [0.15, 0.2) is 9.84 Å². The maximum Gasteiger partial charge on any atom is 0.416 e. The molecule has 4 aromatic rings. The van der Waals surface area contributed by atoms with Gasteiger partial charge in [-0.3, -0.25) is 9.98 Å². The summed E-state index contributed by atoms with van der Waals surface area (Å²) in [6, 6.07) is 8.17. The molecule has 38 heavy (non-hydrogen) atoms. The Morgan fingerprint density at radius 1 is 0.921 bits per heavy atom. The van der Waals surface area contributed by atoms with E-state index in [0.717, 1.165) is 24.3 Å². The lowest BCUT2D eigenvalue weighted by atomic mass is 9.99. The van der Waals surface area contributed by atoms with Gasteiger partial charge in [0.25, 0.3) is 0 Å². The molecule has 6 nitrogen and oxygen atoms in total. The van der Waals surface area contributed by atoms with Crippen LogP contribution in [0.15, 0.2) is 70.9 Å². The van der Waals surface area contributed by atoms with E-state index in [0.29, 0.717) is 41.2 Å². The quantitative estimate of drug-likeness (QED) is 0.293. The minimum absolute atomic E-state index is 0.288. The highest BCUT2D eigenvalue weighted by Crippen LogP contribution is 2.35. The molecule has 2 aromatic carbocycles. The van der Waals surface area contributed by atoms with Crippen molar-refractivity contribution in [3.05, 3.63) is 101 Å². The Kier molecular flexibility index (Phi) is 6.51. The average molecular weight is 545 g/mol. The number of aliphatic imine (C=N–C) groups is 1. The van der Waals surface area contributed by atoms with Crippen molar-refractivity contribution < 1.29 is 30.4 Å². The second-order valence-electron chi connectivity index (χ2n) is 8.49. The summed E-state index contributed by atoms with van der Waals surface area (Å²) < 4.78 is 94.5. The minimum atomic E-state index is -4.64. The van der Waals surface area contributed by atoms with Gasteiger partial charge in [-0.05, 0) is 42.5 Å². The number of fused-ring (bicyclic) bond motifs is 1. The summed E-state index contributed by atoms with van der Waals surface area (Å²) in [6.45, 7) is 0. The lowest BCUT2D eigenvalue weighted by Gasteiger charge is -2.13. The van der Waals surface area contributed by atoms with Crippen LogP contribution in [0.2, 0.25) is 0 Å². The molecule has 3 heterocycles. The van der Waals surface area contributed by atoms with Crippen LogP contribution in [0.5, 0.6) is 0 Å². The van der Waals surface area contributed by atoms with E-state index in [4.69, 9.17) is 0 Å². The molecule has 194 valence electrons. The van der Waals surface area contributed by atoms with Crippen LogP contribution in [-0.4, -0.2) is 29.6 Å². The average Bonchev–Trinajstić information content (AvgIpc) is 3.37. The molecule has 12 heteroatoms. The zero-order valence-corrected chi connectivity index (χ0v) is 20.2. The van der Waals surface area contributed by atoms with E-state index in [1.807, 2.05) is 0 Å². The molecule has 0 atom stereocenters. The number of nitrogens with zero attached hydrogens (tertiary/aromatic N) is 4. The van der Waals surface area contributed by atoms with Gasteiger partial charge in [-0.15, -0.1) is 0 Å². The highest BCUT2D eigenvalue weighted by atomic mass is 32.2. The van der Waals surface area contributed by atoms with Crippen LogP contribution in [0.3, 0.4) is 0 Å². The zero-order valence-electron chi connectivity index (χ0n) is 19.4. The molecule has 0 spiro atoms. The molecule has 0 fully saturated rings. The summed E-state index contributed by atoms with van der Waals surface area (Å²) in [7, 11) is -4.24. The second-order valence-corrected chi connectivity index (χ2v) is 10.5. The van der Waals surface area contributed by atoms with Gasteiger partial charge in [-0.2, -0.15) is 13.2 Å². The first kappa shape index (κ1) is 25.6. The highest BCUT2D eigenvalue weighted by molar-refractivity contribution is 7.90. The SMILES string of the molecule is O=S(=O)(Cc1ccc(F)c(Cc2ncccc2-c2ncnc3c2N=CC3)c1F)c1ccc(C(F)(F)F)cc1. The van der Waals surface area contributed by atoms with E-state index in [2.05, 4.69) is 19.9 Å². The third kappa shape index (κ3) is 4.91. The van der Waals surface area contributed by atoms with Gasteiger partial charge in [0.2, 0.25) is 0 Å². The fourth-order valence-electron chi connectivity index (χ4n) is 4.14. The zero-order chi connectivity index (χ0) is 27.1. The van der Waals surface area contributed by atoms with Crippen molar-refractivity contribution in [3.8, 4) is 11.3 Å². The van der Waals surface area contributed by atoms with Crippen LogP contribution in [0.25, 0.3) is 11.3 Å². The van der Waals surface area contributed by atoms with Gasteiger partial charge in [0, 0.05) is 41.9 Å². The summed E-state index contributed by atoms with van der Waals surface area (Å²) >= 11 is 0. The number of aromatic nitrogens is 3. The summed E-state index contributed by atoms with van der Waals surface area (Å²) in [5, 5.41) is 0. The third-order valence-electron chi connectivity index (χ3n) is 6.04. The molecule has 0 saturated carbocycles. The molecule has 0 N–H and O–H groups in total. The molecule has 1 aliphatic rings. The number of halogens is 5. The summed E-state index contributed by atoms with van der Waals surface area (Å²) in [4.78, 5) is 16.6. The Morgan fingerprint density at radius 2 is 1.68 bits per heavy atom. The van der Waals surface area contributed by atoms with Crippen LogP contribution < -0.4 is 0 Å². The smallest absolute Gasteiger partial charge is 0.260 e. The van der Waals surface area contributed by atoms with Crippen molar-refractivity contribution in [1.82, 2.24) is 15.0 Å². The molecule has 0 unspecified atom stereocenters. The monoisotopic (exact) mass is 544 g/mol. The van der Waals surface area contributed by atoms with E-state index in [1.165, 1.54) is 12.5 Å². The minimum Gasteiger partial charge on any atom is -0.260 e. The fraction of sp³-hybridized carbons (Fsp3) is 0.154. The first-order valence-corrected chi connectivity index (χ1v) is 12.9. The van der Waals surface area contributed by atoms with Crippen molar-refractivity contribution in [3.63, 3.8) is 0 Å². The van der Waals surface area contributed by atoms with Crippen molar-refractivity contribution in [2.75, 3.05) is 0 Å². The Balaban J connectivity index is 1.48. The van der Waals surface area contributed by atoms with E-state index in [1.54, 1.807) is 18.3 Å². The molecule has 2 aromatic heterocycles. The van der Waals surface area contributed by atoms with E-state index in [-0.39, 0.29) is 17.7 Å². The van der Waals surface area contributed by atoms with E-state index in [9.17, 15) is 26.0 Å². The molecule has 5 rings (SSSR count). The van der Waals surface area contributed by atoms with Crippen molar-refractivity contribution in [1.29, 1.82) is 0 Å². The topological polar surface area (TPSA) is 85.2 Å². The Labute approximate surface area is 213 Å². The number of alkyl halides is 3. The maximum atomic E-state index is 15.5. The van der Waals surface area contributed by atoms with E-state index >= 15 is 4.39 Å². The van der Waals surface area contributed by atoms with Crippen molar-refractivity contribution >= 4 is 21.7 Å². The summed E-state index contributed by atoms with van der Waals surface area (Å²) in [6.07, 6.45) is 0.0804. The molecule has 0 amide bonds. The molecule has 0 saturated heterocycles. The van der Waals surface area contributed by atoms with Gasteiger partial charge in [-0.25, -0.2) is 27.2 Å².